The van der Waals surface area contributed by atoms with Gasteiger partial charge in [-0.3, -0.25) is 4.79 Å². The molecule has 0 unspecified atom stereocenters. The molecule has 4 rings (SSSR count). The molecule has 0 fully saturated rings. The van der Waals surface area contributed by atoms with E-state index in [1.165, 1.54) is 43.9 Å². The summed E-state index contributed by atoms with van der Waals surface area (Å²) in [6.45, 7) is 6.88. The number of carbonyl (C=O) groups excluding carboxylic acids is 1. The molecule has 2 nitrogen and oxygen atoms in total. The quantitative estimate of drug-likeness (QED) is 0.674. The van der Waals surface area contributed by atoms with Crippen LogP contribution in [0.15, 0.2) is 71.5 Å². The molecule has 3 heteroatoms. The molecule has 144 valence electrons. The fraction of sp³-hybridized carbons (Fsp3) is 0.240. The minimum Gasteiger partial charge on any atom is -0.378 e. The van der Waals surface area contributed by atoms with E-state index in [4.69, 9.17) is 0 Å². The number of fused-ring (bicyclic) bond motifs is 2. The predicted octanol–water partition coefficient (Wildman–Crippen LogP) is 5.03. The topological polar surface area (TPSA) is 20.3 Å². The normalized spacial score (nSPS) is 16.8. The molecule has 0 N–H and O–H groups in total. The lowest BCUT2D eigenvalue weighted by Gasteiger charge is -2.38. The highest BCUT2D eigenvalue weighted by molar-refractivity contribution is 6.98. The van der Waals surface area contributed by atoms with Gasteiger partial charge in [0.2, 0.25) is 0 Å². The van der Waals surface area contributed by atoms with Crippen LogP contribution in [-0.4, -0.2) is 28.0 Å². The first kappa shape index (κ1) is 20.1. The summed E-state index contributed by atoms with van der Waals surface area (Å²) in [6.07, 6.45) is 5.63. The van der Waals surface area contributed by atoms with Crippen molar-refractivity contribution in [3.63, 3.8) is 0 Å². The second-order valence-electron chi connectivity index (χ2n) is 8.15. The molecule has 0 amide bonds. The maximum Gasteiger partial charge on any atom is 0.178 e. The molecule has 1 heterocycles. The molecule has 2 aliphatic rings. The van der Waals surface area contributed by atoms with Gasteiger partial charge in [-0.2, -0.15) is 0 Å². The number of carbonyl (C=O) groups is 1. The van der Waals surface area contributed by atoms with Crippen LogP contribution in [0, 0.1) is 6.92 Å². The number of nitrogens with zero attached hydrogens (tertiary/aromatic N) is 1. The largest absolute Gasteiger partial charge is 0.378 e. The number of aryl methyl sites for hydroxylation is 1. The number of ketones is 1. The summed E-state index contributed by atoms with van der Waals surface area (Å²) >= 11 is 0. The first-order valence-corrected chi connectivity index (χ1v) is 12.4. The SMILES string of the molecule is C.Cc1ccccc1C1=C2C=CC(=O)C=C2[Si](C)(C)c2cc(N(C)C)ccc21. The lowest BCUT2D eigenvalue weighted by atomic mass is 9.88. The van der Waals surface area contributed by atoms with Crippen molar-refractivity contribution in [1.82, 2.24) is 0 Å². The molecule has 0 spiro atoms. The molecule has 1 aliphatic carbocycles. The number of anilines is 1. The van der Waals surface area contributed by atoms with Crippen LogP contribution >= 0.6 is 0 Å². The van der Waals surface area contributed by atoms with E-state index in [1.54, 1.807) is 6.08 Å². The van der Waals surface area contributed by atoms with Gasteiger partial charge in [-0.15, -0.1) is 0 Å². The van der Waals surface area contributed by atoms with Crippen LogP contribution in [0.4, 0.5) is 5.69 Å². The highest BCUT2D eigenvalue weighted by Crippen LogP contribution is 2.42. The molecule has 28 heavy (non-hydrogen) atoms. The zero-order valence-electron chi connectivity index (χ0n) is 16.6. The maximum atomic E-state index is 12.2. The Morgan fingerprint density at radius 1 is 0.929 bits per heavy atom. The van der Waals surface area contributed by atoms with E-state index in [9.17, 15) is 4.79 Å². The van der Waals surface area contributed by atoms with Crippen LogP contribution in [0.2, 0.25) is 13.1 Å². The van der Waals surface area contributed by atoms with Crippen molar-refractivity contribution >= 4 is 30.3 Å². The molecule has 0 radical (unpaired) electrons. The number of hydrogen-bond acceptors (Lipinski definition) is 2. The lowest BCUT2D eigenvalue weighted by Crippen LogP contribution is -2.49. The van der Waals surface area contributed by atoms with E-state index in [1.807, 2.05) is 12.2 Å². The van der Waals surface area contributed by atoms with Crippen LogP contribution in [0.5, 0.6) is 0 Å². The van der Waals surface area contributed by atoms with Gasteiger partial charge in [0.15, 0.2) is 5.78 Å². The fourth-order valence-corrected chi connectivity index (χ4v) is 7.30. The van der Waals surface area contributed by atoms with Gasteiger partial charge >= 0.3 is 0 Å². The van der Waals surface area contributed by atoms with Gasteiger partial charge in [0, 0.05) is 19.8 Å². The minimum atomic E-state index is -1.98. The Bertz CT molecular complexity index is 1050. The van der Waals surface area contributed by atoms with Gasteiger partial charge < -0.3 is 4.90 Å². The second kappa shape index (κ2) is 7.06. The molecule has 0 bridgehead atoms. The number of rotatable bonds is 2. The average molecular weight is 388 g/mol. The van der Waals surface area contributed by atoms with Gasteiger partial charge in [-0.25, -0.2) is 0 Å². The van der Waals surface area contributed by atoms with Gasteiger partial charge in [-0.05, 0) is 69.4 Å². The zero-order chi connectivity index (χ0) is 19.3. The minimum absolute atomic E-state index is 0. The molecule has 0 saturated heterocycles. The van der Waals surface area contributed by atoms with Crippen LogP contribution in [-0.2, 0) is 4.79 Å². The van der Waals surface area contributed by atoms with Crippen molar-refractivity contribution in [2.24, 2.45) is 0 Å². The molecular formula is C25H29NOSi. The first-order valence-electron chi connectivity index (χ1n) is 9.38. The van der Waals surface area contributed by atoms with Crippen LogP contribution in [0.3, 0.4) is 0 Å². The Hall–Kier alpha value is -2.65. The Kier molecular flexibility index (Phi) is 5.07. The Labute approximate surface area is 169 Å². The summed E-state index contributed by atoms with van der Waals surface area (Å²) in [6, 6.07) is 15.3. The van der Waals surface area contributed by atoms with E-state index < -0.39 is 8.07 Å². The smallest absolute Gasteiger partial charge is 0.178 e. The summed E-state index contributed by atoms with van der Waals surface area (Å²) in [5, 5.41) is 2.65. The van der Waals surface area contributed by atoms with E-state index in [0.29, 0.717) is 0 Å². The summed E-state index contributed by atoms with van der Waals surface area (Å²) in [7, 11) is 2.18. The van der Waals surface area contributed by atoms with Gasteiger partial charge in [0.1, 0.15) is 8.07 Å². The van der Waals surface area contributed by atoms with Crippen molar-refractivity contribution in [1.29, 1.82) is 0 Å². The van der Waals surface area contributed by atoms with Gasteiger partial charge in [0.05, 0.1) is 0 Å². The summed E-state index contributed by atoms with van der Waals surface area (Å²) in [5.41, 5.74) is 7.52. The molecule has 0 atom stereocenters. The zero-order valence-corrected chi connectivity index (χ0v) is 17.6. The number of hydrogen-bond donors (Lipinski definition) is 0. The van der Waals surface area contributed by atoms with E-state index >= 15 is 0 Å². The molecule has 0 aromatic heterocycles. The third-order valence-corrected chi connectivity index (χ3v) is 9.33. The van der Waals surface area contributed by atoms with Gasteiger partial charge in [0.25, 0.3) is 0 Å². The van der Waals surface area contributed by atoms with Crippen molar-refractivity contribution in [2.45, 2.75) is 27.4 Å². The monoisotopic (exact) mass is 387 g/mol. The number of allylic oxidation sites excluding steroid dienone is 5. The van der Waals surface area contributed by atoms with Gasteiger partial charge in [-0.1, -0.05) is 56.9 Å². The molecule has 2 aromatic rings. The Morgan fingerprint density at radius 3 is 2.32 bits per heavy atom. The molecule has 2 aromatic carbocycles. The molecule has 0 saturated carbocycles. The Morgan fingerprint density at radius 2 is 1.64 bits per heavy atom. The Balaban J connectivity index is 0.00000225. The maximum absolute atomic E-state index is 12.2. The third kappa shape index (κ3) is 3.00. The third-order valence-electron chi connectivity index (χ3n) is 5.81. The second-order valence-corrected chi connectivity index (χ2v) is 12.5. The van der Waals surface area contributed by atoms with Crippen molar-refractivity contribution < 1.29 is 4.79 Å². The van der Waals surface area contributed by atoms with Crippen LogP contribution in [0.25, 0.3) is 5.57 Å². The van der Waals surface area contributed by atoms with Crippen molar-refractivity contribution in [3.8, 4) is 0 Å². The summed E-state index contributed by atoms with van der Waals surface area (Å²) in [5.74, 6) is 0.102. The first-order chi connectivity index (χ1) is 12.8. The summed E-state index contributed by atoms with van der Waals surface area (Å²) in [4.78, 5) is 14.4. The number of benzene rings is 2. The predicted molar refractivity (Wildman–Crippen MR) is 124 cm³/mol. The lowest BCUT2D eigenvalue weighted by molar-refractivity contribution is -0.110. The highest BCUT2D eigenvalue weighted by Gasteiger charge is 2.40. The standard InChI is InChI=1S/C24H25NOSi.CH4/c1-16-8-6-7-9-19(16)24-20-12-10-17(25(2)3)14-22(20)27(4,5)23-15-18(26)11-13-21(23)24;/h6-15H,1-5H3;1H4. The van der Waals surface area contributed by atoms with Crippen molar-refractivity contribution in [2.75, 3.05) is 19.0 Å². The fourth-order valence-electron chi connectivity index (χ4n) is 4.24. The van der Waals surface area contributed by atoms with E-state index in [-0.39, 0.29) is 13.2 Å². The van der Waals surface area contributed by atoms with Crippen LogP contribution < -0.4 is 10.1 Å². The van der Waals surface area contributed by atoms with Crippen molar-refractivity contribution in [3.05, 3.63) is 88.2 Å². The average Bonchev–Trinajstić information content (AvgIpc) is 2.63. The van der Waals surface area contributed by atoms with Crippen LogP contribution in [0.1, 0.15) is 24.1 Å². The van der Waals surface area contributed by atoms with E-state index in [0.717, 1.165) is 0 Å². The van der Waals surface area contributed by atoms with E-state index in [2.05, 4.69) is 81.5 Å². The highest BCUT2D eigenvalue weighted by atomic mass is 28.3. The molecular weight excluding hydrogens is 358 g/mol. The molecule has 1 aliphatic heterocycles. The summed E-state index contributed by atoms with van der Waals surface area (Å²) < 4.78 is 0.